The molecule has 6 aromatic rings. The average Bonchev–Trinajstić information content (AvgIpc) is 3.32. The SMILES string of the molecule is N#Cc1cccc(CN=C(N=Cc2cccc(-n3c4ccccc4c4ccccc43)c2)c2ccccc2)c1. The zero-order valence-corrected chi connectivity index (χ0v) is 20.7. The van der Waals surface area contributed by atoms with Gasteiger partial charge in [0.25, 0.3) is 0 Å². The van der Waals surface area contributed by atoms with Crippen LogP contribution in [0.25, 0.3) is 27.5 Å². The van der Waals surface area contributed by atoms with Crippen molar-refractivity contribution >= 4 is 33.9 Å². The molecule has 0 atom stereocenters. The number of amidine groups is 1. The lowest BCUT2D eigenvalue weighted by Crippen LogP contribution is -2.00. The van der Waals surface area contributed by atoms with Crippen LogP contribution in [-0.4, -0.2) is 16.6 Å². The Morgan fingerprint density at radius 3 is 2.13 bits per heavy atom. The van der Waals surface area contributed by atoms with Crippen LogP contribution >= 0.6 is 0 Å². The topological polar surface area (TPSA) is 53.4 Å². The fraction of sp³-hybridized carbons (Fsp3) is 0.0294. The lowest BCUT2D eigenvalue weighted by atomic mass is 10.1. The molecule has 38 heavy (non-hydrogen) atoms. The number of benzene rings is 5. The summed E-state index contributed by atoms with van der Waals surface area (Å²) in [6, 6.07) is 45.1. The number of nitrogens with zero attached hydrogens (tertiary/aromatic N) is 4. The molecule has 0 saturated heterocycles. The van der Waals surface area contributed by atoms with Crippen LogP contribution in [0, 0.1) is 11.3 Å². The summed E-state index contributed by atoms with van der Waals surface area (Å²) in [6.07, 6.45) is 1.87. The second kappa shape index (κ2) is 10.4. The first kappa shape index (κ1) is 23.1. The van der Waals surface area contributed by atoms with E-state index in [1.807, 2.05) is 54.7 Å². The van der Waals surface area contributed by atoms with Crippen molar-refractivity contribution in [3.63, 3.8) is 0 Å². The van der Waals surface area contributed by atoms with Gasteiger partial charge in [0.1, 0.15) is 0 Å². The summed E-state index contributed by atoms with van der Waals surface area (Å²) in [5.74, 6) is 0.648. The Bertz CT molecular complexity index is 1800. The number of fused-ring (bicyclic) bond motifs is 3. The van der Waals surface area contributed by atoms with Gasteiger partial charge in [0.2, 0.25) is 0 Å². The van der Waals surface area contributed by atoms with E-state index in [2.05, 4.69) is 83.4 Å². The number of aromatic nitrogens is 1. The van der Waals surface area contributed by atoms with Gasteiger partial charge in [0, 0.05) is 28.2 Å². The fourth-order valence-corrected chi connectivity index (χ4v) is 4.78. The maximum Gasteiger partial charge on any atom is 0.154 e. The van der Waals surface area contributed by atoms with E-state index < -0.39 is 0 Å². The molecule has 5 aromatic carbocycles. The highest BCUT2D eigenvalue weighted by molar-refractivity contribution is 6.09. The Labute approximate surface area is 221 Å². The van der Waals surface area contributed by atoms with Gasteiger partial charge in [-0.2, -0.15) is 5.26 Å². The lowest BCUT2D eigenvalue weighted by Gasteiger charge is -2.09. The van der Waals surface area contributed by atoms with E-state index in [4.69, 9.17) is 9.98 Å². The van der Waals surface area contributed by atoms with Gasteiger partial charge in [-0.05, 0) is 47.5 Å². The van der Waals surface area contributed by atoms with Crippen LogP contribution in [-0.2, 0) is 6.54 Å². The molecule has 0 fully saturated rings. The number of rotatable bonds is 5. The Kier molecular flexibility index (Phi) is 6.32. The van der Waals surface area contributed by atoms with Gasteiger partial charge >= 0.3 is 0 Å². The molecule has 4 heteroatoms. The molecule has 0 unspecified atom stereocenters. The summed E-state index contributed by atoms with van der Waals surface area (Å²) in [5.41, 5.74) is 6.96. The molecule has 4 nitrogen and oxygen atoms in total. The highest BCUT2D eigenvalue weighted by Gasteiger charge is 2.11. The van der Waals surface area contributed by atoms with Crippen molar-refractivity contribution in [1.82, 2.24) is 4.57 Å². The van der Waals surface area contributed by atoms with Crippen molar-refractivity contribution in [2.75, 3.05) is 0 Å². The molecule has 180 valence electrons. The normalized spacial score (nSPS) is 11.8. The molecule has 0 aliphatic carbocycles. The number of hydrogen-bond donors (Lipinski definition) is 0. The molecule has 1 aromatic heterocycles. The maximum atomic E-state index is 9.22. The second-order valence-corrected chi connectivity index (χ2v) is 9.04. The van der Waals surface area contributed by atoms with Gasteiger partial charge in [-0.3, -0.25) is 4.99 Å². The number of para-hydroxylation sites is 2. The van der Waals surface area contributed by atoms with Gasteiger partial charge in [-0.25, -0.2) is 4.99 Å². The average molecular weight is 489 g/mol. The summed E-state index contributed by atoms with van der Waals surface area (Å²) in [5, 5.41) is 11.7. The van der Waals surface area contributed by atoms with E-state index in [9.17, 15) is 5.26 Å². The Hall–Kier alpha value is -5.27. The van der Waals surface area contributed by atoms with Crippen molar-refractivity contribution in [2.24, 2.45) is 9.98 Å². The molecule has 0 aliphatic rings. The van der Waals surface area contributed by atoms with Crippen LogP contribution in [0.15, 0.2) is 137 Å². The van der Waals surface area contributed by atoms with E-state index >= 15 is 0 Å². The lowest BCUT2D eigenvalue weighted by molar-refractivity contribution is 1.06. The third kappa shape index (κ3) is 4.61. The van der Waals surface area contributed by atoms with Gasteiger partial charge in [-0.1, -0.05) is 91.0 Å². The van der Waals surface area contributed by atoms with E-state index in [-0.39, 0.29) is 0 Å². The number of aliphatic imine (C=N–C) groups is 2. The first-order valence-corrected chi connectivity index (χ1v) is 12.5. The molecular weight excluding hydrogens is 464 g/mol. The van der Waals surface area contributed by atoms with Crippen LogP contribution in [0.4, 0.5) is 0 Å². The minimum absolute atomic E-state index is 0.443. The van der Waals surface area contributed by atoms with E-state index in [0.717, 1.165) is 22.4 Å². The molecule has 1 heterocycles. The number of hydrogen-bond acceptors (Lipinski definition) is 2. The van der Waals surface area contributed by atoms with Crippen LogP contribution in [0.3, 0.4) is 0 Å². The Morgan fingerprint density at radius 2 is 1.39 bits per heavy atom. The van der Waals surface area contributed by atoms with E-state index in [1.54, 1.807) is 6.07 Å². The summed E-state index contributed by atoms with van der Waals surface area (Å²) >= 11 is 0. The van der Waals surface area contributed by atoms with E-state index in [0.29, 0.717) is 17.9 Å². The van der Waals surface area contributed by atoms with Crippen LogP contribution in [0.2, 0.25) is 0 Å². The summed E-state index contributed by atoms with van der Waals surface area (Å²) in [4.78, 5) is 9.63. The summed E-state index contributed by atoms with van der Waals surface area (Å²) < 4.78 is 2.30. The zero-order chi connectivity index (χ0) is 25.7. The smallest absolute Gasteiger partial charge is 0.154 e. The first-order valence-electron chi connectivity index (χ1n) is 12.5. The number of nitriles is 1. The Morgan fingerprint density at radius 1 is 0.711 bits per heavy atom. The molecule has 0 bridgehead atoms. The summed E-state index contributed by atoms with van der Waals surface area (Å²) in [6.45, 7) is 0.443. The van der Waals surface area contributed by atoms with Crippen molar-refractivity contribution in [3.8, 4) is 11.8 Å². The maximum absolute atomic E-state index is 9.22. The van der Waals surface area contributed by atoms with Crippen molar-refractivity contribution in [3.05, 3.63) is 150 Å². The van der Waals surface area contributed by atoms with Crippen LogP contribution < -0.4 is 0 Å². The summed E-state index contributed by atoms with van der Waals surface area (Å²) in [7, 11) is 0. The molecule has 0 radical (unpaired) electrons. The highest BCUT2D eigenvalue weighted by Crippen LogP contribution is 2.31. The molecular formula is C34H24N4. The van der Waals surface area contributed by atoms with Gasteiger partial charge < -0.3 is 4.57 Å². The van der Waals surface area contributed by atoms with E-state index in [1.165, 1.54) is 21.8 Å². The minimum atomic E-state index is 0.443. The van der Waals surface area contributed by atoms with Gasteiger partial charge in [-0.15, -0.1) is 0 Å². The fourth-order valence-electron chi connectivity index (χ4n) is 4.78. The van der Waals surface area contributed by atoms with Gasteiger partial charge in [0.15, 0.2) is 5.84 Å². The van der Waals surface area contributed by atoms with Crippen LogP contribution in [0.5, 0.6) is 0 Å². The largest absolute Gasteiger partial charge is 0.309 e. The molecule has 0 saturated carbocycles. The first-order chi connectivity index (χ1) is 18.8. The standard InChI is InChI=1S/C34H24N4/c35-22-25-10-8-11-26(20-25)23-36-34(28-13-2-1-3-14-28)37-24-27-12-9-15-29(21-27)38-32-18-6-4-16-30(32)31-17-5-7-19-33(31)38/h1-21,24H,23H2. The molecule has 6 rings (SSSR count). The predicted octanol–water partition coefficient (Wildman–Crippen LogP) is 7.72. The quantitative estimate of drug-likeness (QED) is 0.181. The van der Waals surface area contributed by atoms with Crippen LogP contribution in [0.1, 0.15) is 22.3 Å². The van der Waals surface area contributed by atoms with Crippen molar-refractivity contribution in [2.45, 2.75) is 6.54 Å². The van der Waals surface area contributed by atoms with Gasteiger partial charge in [0.05, 0.1) is 29.2 Å². The third-order valence-corrected chi connectivity index (χ3v) is 6.54. The monoisotopic (exact) mass is 488 g/mol. The zero-order valence-electron chi connectivity index (χ0n) is 20.7. The molecule has 0 amide bonds. The van der Waals surface area contributed by atoms with Crippen molar-refractivity contribution in [1.29, 1.82) is 5.26 Å². The Balaban J connectivity index is 1.38. The molecule has 0 aliphatic heterocycles. The highest BCUT2D eigenvalue weighted by atomic mass is 15.0. The molecule has 0 N–H and O–H groups in total. The molecule has 0 spiro atoms. The second-order valence-electron chi connectivity index (χ2n) is 9.04. The predicted molar refractivity (Wildman–Crippen MR) is 156 cm³/mol. The minimum Gasteiger partial charge on any atom is -0.309 e. The third-order valence-electron chi connectivity index (χ3n) is 6.54. The van der Waals surface area contributed by atoms with Crippen molar-refractivity contribution < 1.29 is 0 Å².